The van der Waals surface area contributed by atoms with Crippen LogP contribution in [0, 0.1) is 0 Å². The molecule has 0 aromatic rings. The number of aliphatic hydroxyl groups excluding tert-OH is 1. The summed E-state index contributed by atoms with van der Waals surface area (Å²) in [5.41, 5.74) is -0.0628. The Morgan fingerprint density at radius 1 is 1.86 bits per heavy atom. The minimum absolute atomic E-state index is 0.0628. The van der Waals surface area contributed by atoms with Crippen molar-refractivity contribution in [1.29, 1.82) is 0 Å². The minimum Gasteiger partial charge on any atom is -0.394 e. The molecule has 3 heteroatoms. The first-order valence-corrected chi connectivity index (χ1v) is 2.69. The van der Waals surface area contributed by atoms with Gasteiger partial charge in [-0.15, -0.1) is 12.6 Å². The van der Waals surface area contributed by atoms with Gasteiger partial charge in [0.05, 0.1) is 18.6 Å². The molecule has 2 nitrogen and oxygen atoms in total. The first-order valence-electron chi connectivity index (χ1n) is 2.18. The molecule has 1 N–H and O–H groups in total. The Hall–Kier alpha value is 0.270. The molecule has 0 bridgehead atoms. The van der Waals surface area contributed by atoms with E-state index in [-0.39, 0.29) is 12.0 Å². The van der Waals surface area contributed by atoms with E-state index >= 15 is 0 Å². The van der Waals surface area contributed by atoms with Crippen molar-refractivity contribution in [3.8, 4) is 0 Å². The van der Waals surface area contributed by atoms with E-state index in [4.69, 9.17) is 9.84 Å². The standard InChI is InChI=1S/C4H10O2S/c1-4(7)6-3-2-5/h4-5,7H,2-3H2,1H3. The average Bonchev–Trinajstić information content (AvgIpc) is 1.61. The molecule has 0 aromatic heterocycles. The van der Waals surface area contributed by atoms with Crippen LogP contribution in [0.15, 0.2) is 0 Å². The molecule has 0 aromatic carbocycles. The Morgan fingerprint density at radius 3 is 2.57 bits per heavy atom. The largest absolute Gasteiger partial charge is 0.394 e. The lowest BCUT2D eigenvalue weighted by molar-refractivity contribution is 0.0852. The van der Waals surface area contributed by atoms with E-state index in [1.165, 1.54) is 0 Å². The molecule has 1 atom stereocenters. The lowest BCUT2D eigenvalue weighted by Gasteiger charge is -2.01. The molecular formula is C4H10O2S. The van der Waals surface area contributed by atoms with Crippen LogP contribution in [0.3, 0.4) is 0 Å². The van der Waals surface area contributed by atoms with Crippen molar-refractivity contribution in [2.75, 3.05) is 13.2 Å². The minimum atomic E-state index is -0.0628. The zero-order chi connectivity index (χ0) is 5.70. The maximum atomic E-state index is 8.16. The maximum Gasteiger partial charge on any atom is 0.0972 e. The fourth-order valence-electron chi connectivity index (χ4n) is 0.223. The van der Waals surface area contributed by atoms with Crippen LogP contribution in [-0.4, -0.2) is 23.8 Å². The number of ether oxygens (including phenoxy) is 1. The zero-order valence-corrected chi connectivity index (χ0v) is 5.19. The lowest BCUT2D eigenvalue weighted by Crippen LogP contribution is -2.03. The lowest BCUT2D eigenvalue weighted by atomic mass is 10.7. The highest BCUT2D eigenvalue weighted by Crippen LogP contribution is 1.91. The third-order valence-electron chi connectivity index (χ3n) is 0.450. The second-order valence-corrected chi connectivity index (χ2v) is 1.92. The molecule has 7 heavy (non-hydrogen) atoms. The van der Waals surface area contributed by atoms with Gasteiger partial charge in [0, 0.05) is 0 Å². The number of rotatable bonds is 3. The van der Waals surface area contributed by atoms with Crippen molar-refractivity contribution in [2.45, 2.75) is 12.4 Å². The summed E-state index contributed by atoms with van der Waals surface area (Å²) in [7, 11) is 0. The number of thiol groups is 1. The van der Waals surface area contributed by atoms with E-state index in [9.17, 15) is 0 Å². The highest BCUT2D eigenvalue weighted by molar-refractivity contribution is 7.80. The van der Waals surface area contributed by atoms with Crippen molar-refractivity contribution >= 4 is 12.6 Å². The summed E-state index contributed by atoms with van der Waals surface area (Å²) in [5.74, 6) is 0. The third-order valence-corrected chi connectivity index (χ3v) is 0.599. The van der Waals surface area contributed by atoms with Crippen molar-refractivity contribution < 1.29 is 9.84 Å². The van der Waals surface area contributed by atoms with Crippen molar-refractivity contribution in [3.63, 3.8) is 0 Å². The van der Waals surface area contributed by atoms with Crippen LogP contribution >= 0.6 is 12.6 Å². The molecule has 0 aliphatic carbocycles. The molecule has 0 fully saturated rings. The van der Waals surface area contributed by atoms with Crippen molar-refractivity contribution in [1.82, 2.24) is 0 Å². The molecule has 0 rings (SSSR count). The first-order chi connectivity index (χ1) is 3.27. The molecule has 0 aliphatic heterocycles. The van der Waals surface area contributed by atoms with Gasteiger partial charge in [0.1, 0.15) is 0 Å². The molecule has 0 aliphatic rings. The second-order valence-electron chi connectivity index (χ2n) is 1.19. The zero-order valence-electron chi connectivity index (χ0n) is 4.29. The molecule has 0 heterocycles. The Kier molecular flexibility index (Phi) is 4.60. The summed E-state index contributed by atoms with van der Waals surface area (Å²) in [6.07, 6.45) is 0. The van der Waals surface area contributed by atoms with Crippen LogP contribution in [0.4, 0.5) is 0 Å². The van der Waals surface area contributed by atoms with Crippen molar-refractivity contribution in [2.24, 2.45) is 0 Å². The number of hydrogen-bond acceptors (Lipinski definition) is 3. The summed E-state index contributed by atoms with van der Waals surface area (Å²) in [6, 6.07) is 0. The van der Waals surface area contributed by atoms with Gasteiger partial charge in [0.15, 0.2) is 0 Å². The van der Waals surface area contributed by atoms with Gasteiger partial charge < -0.3 is 9.84 Å². The van der Waals surface area contributed by atoms with Crippen LogP contribution in [0.2, 0.25) is 0 Å². The summed E-state index contributed by atoms with van der Waals surface area (Å²) in [4.78, 5) is 0. The Morgan fingerprint density at radius 2 is 2.43 bits per heavy atom. The van der Waals surface area contributed by atoms with Crippen LogP contribution in [-0.2, 0) is 4.74 Å². The van der Waals surface area contributed by atoms with Crippen LogP contribution in [0.1, 0.15) is 6.92 Å². The van der Waals surface area contributed by atoms with Gasteiger partial charge in [-0.05, 0) is 6.92 Å². The SMILES string of the molecule is CC(S)OCCO. The summed E-state index contributed by atoms with van der Waals surface area (Å²) in [5, 5.41) is 8.16. The molecule has 0 saturated carbocycles. The fraction of sp³-hybridized carbons (Fsp3) is 1.00. The highest BCUT2D eigenvalue weighted by Gasteiger charge is 1.88. The number of hydrogen-bond donors (Lipinski definition) is 2. The van der Waals surface area contributed by atoms with Crippen molar-refractivity contribution in [3.05, 3.63) is 0 Å². The van der Waals surface area contributed by atoms with E-state index < -0.39 is 0 Å². The predicted octanol–water partition coefficient (Wildman–Crippen LogP) is 0.271. The first kappa shape index (κ1) is 7.27. The van der Waals surface area contributed by atoms with Gasteiger partial charge in [-0.2, -0.15) is 0 Å². The van der Waals surface area contributed by atoms with E-state index in [1.54, 1.807) is 6.92 Å². The highest BCUT2D eigenvalue weighted by atomic mass is 32.1. The molecule has 1 unspecified atom stereocenters. The normalized spacial score (nSPS) is 14.1. The Labute approximate surface area is 48.9 Å². The van der Waals surface area contributed by atoms with Gasteiger partial charge in [0.2, 0.25) is 0 Å². The second kappa shape index (κ2) is 4.43. The van der Waals surface area contributed by atoms with Gasteiger partial charge in [-0.25, -0.2) is 0 Å². The number of aliphatic hydroxyl groups is 1. The van der Waals surface area contributed by atoms with Gasteiger partial charge in [-0.1, -0.05) is 0 Å². The average molecular weight is 122 g/mol. The topological polar surface area (TPSA) is 29.5 Å². The van der Waals surface area contributed by atoms with Gasteiger partial charge in [-0.3, -0.25) is 0 Å². The quantitative estimate of drug-likeness (QED) is 0.415. The van der Waals surface area contributed by atoms with E-state index in [2.05, 4.69) is 12.6 Å². The van der Waals surface area contributed by atoms with E-state index in [0.717, 1.165) is 0 Å². The van der Waals surface area contributed by atoms with Crippen LogP contribution in [0.25, 0.3) is 0 Å². The Balaban J connectivity index is 2.68. The monoisotopic (exact) mass is 122 g/mol. The van der Waals surface area contributed by atoms with Crippen LogP contribution < -0.4 is 0 Å². The summed E-state index contributed by atoms with van der Waals surface area (Å²) in [6.45, 7) is 2.26. The molecule has 0 spiro atoms. The summed E-state index contributed by atoms with van der Waals surface area (Å²) < 4.78 is 4.81. The molecule has 0 amide bonds. The fourth-order valence-corrected chi connectivity index (χ4v) is 0.329. The summed E-state index contributed by atoms with van der Waals surface area (Å²) >= 11 is 3.90. The van der Waals surface area contributed by atoms with Crippen LogP contribution in [0.5, 0.6) is 0 Å². The smallest absolute Gasteiger partial charge is 0.0972 e. The molecular weight excluding hydrogens is 112 g/mol. The maximum absolute atomic E-state index is 8.16. The van der Waals surface area contributed by atoms with Gasteiger partial charge in [0.25, 0.3) is 0 Å². The molecule has 0 radical (unpaired) electrons. The molecule has 44 valence electrons. The molecule has 0 saturated heterocycles. The third kappa shape index (κ3) is 6.27. The van der Waals surface area contributed by atoms with Gasteiger partial charge >= 0.3 is 0 Å². The van der Waals surface area contributed by atoms with E-state index in [1.807, 2.05) is 0 Å². The predicted molar refractivity (Wildman–Crippen MR) is 31.5 cm³/mol. The van der Waals surface area contributed by atoms with E-state index in [0.29, 0.717) is 6.61 Å². The Bertz CT molecular complexity index is 38.7.